The molecule has 0 bridgehead atoms. The van der Waals surface area contributed by atoms with E-state index in [0.717, 1.165) is 50.5 Å². The Morgan fingerprint density at radius 2 is 1.56 bits per heavy atom. The van der Waals surface area contributed by atoms with Crippen LogP contribution < -0.4 is 0 Å². The third kappa shape index (κ3) is 6.71. The van der Waals surface area contributed by atoms with Gasteiger partial charge in [0, 0.05) is 37.3 Å². The van der Waals surface area contributed by atoms with Crippen LogP contribution in [0.5, 0.6) is 0 Å². The molecule has 1 radical (unpaired) electrons. The Hall–Kier alpha value is -5.34. The molecule has 8 rings (SSSR count). The number of furan rings is 1. The number of rotatable bonds is 4. The molecule has 0 saturated heterocycles. The Balaban J connectivity index is 0.000000165. The van der Waals surface area contributed by atoms with E-state index in [1.54, 1.807) is 6.07 Å². The van der Waals surface area contributed by atoms with Crippen molar-refractivity contribution in [3.63, 3.8) is 0 Å². The molecule has 0 N–H and O–H groups in total. The summed E-state index contributed by atoms with van der Waals surface area (Å²) in [5.41, 5.74) is 8.53. The van der Waals surface area contributed by atoms with Crippen LogP contribution in [0.1, 0.15) is 26.5 Å². The Morgan fingerprint density at radius 1 is 0.792 bits per heavy atom. The predicted octanol–water partition coefficient (Wildman–Crippen LogP) is 11.1. The maximum atomic E-state index is 7.17. The first kappa shape index (κ1) is 32.6. The second kappa shape index (κ2) is 13.8. The molecule has 0 aliphatic carbocycles. The quantitative estimate of drug-likeness (QED) is 0.167. The van der Waals surface area contributed by atoms with Gasteiger partial charge in [-0.25, -0.2) is 4.85 Å². The van der Waals surface area contributed by atoms with Crippen LogP contribution in [0.15, 0.2) is 132 Å². The standard InChI is InChI=1S/C22H11N2O.C20H21N2.Ir/c1-23-16-9-10-17-18-7-4-8-19(22(18)25-21(17)12-16)20-11-14-5-2-3-6-15(14)13-24-20;1-20(2,3)14-19-18(16-10-6-4-7-11-16)15-21-22(19)17-12-8-5-9-13-17;/h2-7,9-13H;4-12,15H,14H2,1-3H3;/q2*-1;. The third-order valence-corrected chi connectivity index (χ3v) is 8.01. The number of nitrogens with zero attached hydrogens (tertiary/aromatic N) is 4. The zero-order valence-electron chi connectivity index (χ0n) is 26.9. The third-order valence-electron chi connectivity index (χ3n) is 8.01. The Bertz CT molecular complexity index is 2320. The second-order valence-corrected chi connectivity index (χ2v) is 12.7. The number of aromatic nitrogens is 3. The van der Waals surface area contributed by atoms with Gasteiger partial charge in [-0.2, -0.15) is 29.4 Å². The molecule has 0 atom stereocenters. The molecule has 0 fully saturated rings. The van der Waals surface area contributed by atoms with E-state index in [0.29, 0.717) is 11.3 Å². The van der Waals surface area contributed by atoms with Crippen LogP contribution >= 0.6 is 0 Å². The summed E-state index contributed by atoms with van der Waals surface area (Å²) in [5.74, 6) is 0. The van der Waals surface area contributed by atoms with Gasteiger partial charge in [-0.3, -0.25) is 4.68 Å². The van der Waals surface area contributed by atoms with E-state index in [4.69, 9.17) is 11.0 Å². The molecule has 0 aliphatic heterocycles. The topological polar surface area (TPSA) is 48.2 Å². The number of para-hydroxylation sites is 1. The first-order valence-corrected chi connectivity index (χ1v) is 15.6. The Labute approximate surface area is 294 Å². The van der Waals surface area contributed by atoms with E-state index in [2.05, 4.69) is 84.2 Å². The van der Waals surface area contributed by atoms with E-state index >= 15 is 0 Å². The van der Waals surface area contributed by atoms with E-state index in [-0.39, 0.29) is 25.5 Å². The van der Waals surface area contributed by atoms with Crippen LogP contribution in [0.4, 0.5) is 5.69 Å². The molecule has 3 aromatic heterocycles. The van der Waals surface area contributed by atoms with Gasteiger partial charge in [0.2, 0.25) is 0 Å². The number of pyridine rings is 1. The van der Waals surface area contributed by atoms with Crippen molar-refractivity contribution in [3.8, 4) is 28.1 Å². The zero-order chi connectivity index (χ0) is 32.4. The smallest absolute Gasteiger partial charge is 0.190 e. The van der Waals surface area contributed by atoms with Crippen molar-refractivity contribution in [2.45, 2.75) is 27.2 Å². The molecular weight excluding hydrogens is 769 g/mol. The first-order chi connectivity index (χ1) is 22.9. The number of hydrogen-bond donors (Lipinski definition) is 0. The van der Waals surface area contributed by atoms with Crippen molar-refractivity contribution >= 4 is 38.4 Å². The molecular formula is C42H32IrN4O-2. The van der Waals surface area contributed by atoms with Crippen molar-refractivity contribution in [2.75, 3.05) is 0 Å². The summed E-state index contributed by atoms with van der Waals surface area (Å²) >= 11 is 0. The van der Waals surface area contributed by atoms with Crippen LogP contribution in [-0.2, 0) is 26.5 Å². The number of benzene rings is 5. The van der Waals surface area contributed by atoms with Crippen molar-refractivity contribution in [3.05, 3.63) is 157 Å². The maximum Gasteiger partial charge on any atom is 0.190 e. The number of fused-ring (bicyclic) bond motifs is 4. The summed E-state index contributed by atoms with van der Waals surface area (Å²) in [7, 11) is 0. The van der Waals surface area contributed by atoms with E-state index in [1.807, 2.05) is 89.9 Å². The van der Waals surface area contributed by atoms with Crippen LogP contribution in [0, 0.1) is 24.1 Å². The van der Waals surface area contributed by atoms with Gasteiger partial charge < -0.3 is 9.40 Å². The summed E-state index contributed by atoms with van der Waals surface area (Å²) in [6, 6.07) is 44.6. The minimum absolute atomic E-state index is 0. The second-order valence-electron chi connectivity index (χ2n) is 12.7. The fourth-order valence-electron chi connectivity index (χ4n) is 5.84. The van der Waals surface area contributed by atoms with Gasteiger partial charge in [0.25, 0.3) is 0 Å². The van der Waals surface area contributed by atoms with Crippen LogP contribution in [0.2, 0.25) is 0 Å². The normalized spacial score (nSPS) is 11.1. The van der Waals surface area contributed by atoms with Gasteiger partial charge in [0.05, 0.1) is 24.0 Å². The molecule has 237 valence electrons. The molecule has 0 saturated carbocycles. The minimum atomic E-state index is 0. The fraction of sp³-hybridized carbons (Fsp3) is 0.119. The molecule has 0 amide bonds. The van der Waals surface area contributed by atoms with Crippen molar-refractivity contribution in [1.82, 2.24) is 14.8 Å². The van der Waals surface area contributed by atoms with E-state index < -0.39 is 0 Å². The molecule has 3 heterocycles. The summed E-state index contributed by atoms with van der Waals surface area (Å²) < 4.78 is 8.10. The summed E-state index contributed by atoms with van der Waals surface area (Å²) in [6.07, 6.45) is 4.80. The van der Waals surface area contributed by atoms with Crippen LogP contribution in [0.3, 0.4) is 0 Å². The summed E-state index contributed by atoms with van der Waals surface area (Å²) in [5, 5.41) is 8.87. The van der Waals surface area contributed by atoms with Gasteiger partial charge in [-0.05, 0) is 45.6 Å². The van der Waals surface area contributed by atoms with Gasteiger partial charge >= 0.3 is 0 Å². The molecule has 8 aromatic rings. The maximum absolute atomic E-state index is 7.17. The predicted molar refractivity (Wildman–Crippen MR) is 191 cm³/mol. The average molecular weight is 801 g/mol. The van der Waals surface area contributed by atoms with Crippen LogP contribution in [-0.4, -0.2) is 14.8 Å². The minimum Gasteiger partial charge on any atom is -0.502 e. The summed E-state index contributed by atoms with van der Waals surface area (Å²) in [4.78, 5) is 8.07. The molecule has 6 heteroatoms. The Kier molecular flexibility index (Phi) is 9.37. The molecule has 48 heavy (non-hydrogen) atoms. The fourth-order valence-corrected chi connectivity index (χ4v) is 5.84. The van der Waals surface area contributed by atoms with Gasteiger partial charge in [-0.1, -0.05) is 105 Å². The van der Waals surface area contributed by atoms with Crippen molar-refractivity contribution in [1.29, 1.82) is 0 Å². The Morgan fingerprint density at radius 3 is 2.31 bits per heavy atom. The molecule has 0 spiro atoms. The first-order valence-electron chi connectivity index (χ1n) is 15.6. The molecule has 5 aromatic carbocycles. The van der Waals surface area contributed by atoms with Gasteiger partial charge in [0.15, 0.2) is 5.69 Å². The molecule has 0 unspecified atom stereocenters. The zero-order valence-corrected chi connectivity index (χ0v) is 29.3. The van der Waals surface area contributed by atoms with Crippen molar-refractivity contribution in [2.24, 2.45) is 5.41 Å². The van der Waals surface area contributed by atoms with E-state index in [1.165, 1.54) is 16.8 Å². The van der Waals surface area contributed by atoms with Gasteiger partial charge in [0.1, 0.15) is 5.58 Å². The number of hydrogen-bond acceptors (Lipinski definition) is 3. The largest absolute Gasteiger partial charge is 0.502 e. The SMILES string of the molecule is CC(C)(C)Cc1c(-c2ccccc2)cnn1-c1[c-]cccc1.[C-]#[N+]c1ccc2c(c1)oc1c(-c3cc4ccccc4cn3)[c-]ccc12.[Ir]. The molecule has 0 aliphatic rings. The van der Waals surface area contributed by atoms with E-state index in [9.17, 15) is 0 Å². The van der Waals surface area contributed by atoms with Crippen LogP contribution in [0.25, 0.3) is 65.6 Å². The molecule has 5 nitrogen and oxygen atoms in total. The van der Waals surface area contributed by atoms with Gasteiger partial charge in [-0.15, -0.1) is 24.3 Å². The van der Waals surface area contributed by atoms with Crippen molar-refractivity contribution < 1.29 is 24.5 Å². The monoisotopic (exact) mass is 801 g/mol. The summed E-state index contributed by atoms with van der Waals surface area (Å²) in [6.45, 7) is 13.9. The average Bonchev–Trinajstić information content (AvgIpc) is 3.69.